The van der Waals surface area contributed by atoms with E-state index in [4.69, 9.17) is 13.9 Å². The van der Waals surface area contributed by atoms with Crippen LogP contribution in [0.5, 0.6) is 5.95 Å². The second-order valence-electron chi connectivity index (χ2n) is 3.73. The van der Waals surface area contributed by atoms with Crippen molar-refractivity contribution in [3.05, 3.63) is 17.9 Å². The molecule has 1 aromatic rings. The van der Waals surface area contributed by atoms with Crippen molar-refractivity contribution < 1.29 is 13.9 Å². The average Bonchev–Trinajstić information content (AvgIpc) is 2.68. The van der Waals surface area contributed by atoms with Gasteiger partial charge in [0.25, 0.3) is 5.95 Å². The summed E-state index contributed by atoms with van der Waals surface area (Å²) in [7, 11) is 1.67. The molecule has 4 heteroatoms. The van der Waals surface area contributed by atoms with Gasteiger partial charge in [0.1, 0.15) is 6.10 Å². The second-order valence-corrected chi connectivity index (χ2v) is 3.73. The minimum absolute atomic E-state index is 0.271. The molecule has 0 aliphatic carbocycles. The maximum atomic E-state index is 5.79. The van der Waals surface area contributed by atoms with Crippen LogP contribution in [0.25, 0.3) is 0 Å². The van der Waals surface area contributed by atoms with Crippen molar-refractivity contribution in [2.24, 2.45) is 0 Å². The van der Waals surface area contributed by atoms with E-state index in [1.807, 2.05) is 6.07 Å². The highest BCUT2D eigenvalue weighted by molar-refractivity contribution is 5.21. The molecule has 2 heterocycles. The molecule has 0 unspecified atom stereocenters. The Bertz CT molecular complexity index is 292. The Morgan fingerprint density at radius 1 is 1.47 bits per heavy atom. The van der Waals surface area contributed by atoms with Crippen molar-refractivity contribution in [2.45, 2.75) is 25.6 Å². The fourth-order valence-electron chi connectivity index (χ4n) is 1.75. The largest absolute Gasteiger partial charge is 0.461 e. The Morgan fingerprint density at radius 2 is 2.27 bits per heavy atom. The molecule has 2 rings (SSSR count). The summed E-state index contributed by atoms with van der Waals surface area (Å²) < 4.78 is 16.2. The highest BCUT2D eigenvalue weighted by Gasteiger charge is 2.17. The molecule has 1 aliphatic heterocycles. The summed E-state index contributed by atoms with van der Waals surface area (Å²) in [5.41, 5.74) is 0.982. The zero-order valence-corrected chi connectivity index (χ0v) is 8.99. The van der Waals surface area contributed by atoms with Gasteiger partial charge in [0.05, 0.1) is 18.4 Å². The fraction of sp³-hybridized carbons (Fsp3) is 0.636. The van der Waals surface area contributed by atoms with Gasteiger partial charge < -0.3 is 19.2 Å². The molecule has 0 spiro atoms. The number of furan rings is 1. The summed E-state index contributed by atoms with van der Waals surface area (Å²) in [6.07, 6.45) is 3.98. The lowest BCUT2D eigenvalue weighted by Gasteiger charge is -2.22. The first-order valence-electron chi connectivity index (χ1n) is 5.33. The van der Waals surface area contributed by atoms with Crippen LogP contribution < -0.4 is 10.1 Å². The molecule has 4 nitrogen and oxygen atoms in total. The van der Waals surface area contributed by atoms with E-state index in [1.54, 1.807) is 13.4 Å². The van der Waals surface area contributed by atoms with Crippen LogP contribution in [0.2, 0.25) is 0 Å². The molecule has 1 fully saturated rings. The Hall–Kier alpha value is -1.00. The molecule has 1 aliphatic rings. The lowest BCUT2D eigenvalue weighted by molar-refractivity contribution is 0.116. The van der Waals surface area contributed by atoms with E-state index in [9.17, 15) is 0 Å². The number of nitrogens with one attached hydrogen (secondary N) is 1. The van der Waals surface area contributed by atoms with Crippen LogP contribution >= 0.6 is 0 Å². The van der Waals surface area contributed by atoms with E-state index in [0.29, 0.717) is 12.6 Å². The van der Waals surface area contributed by atoms with E-state index in [2.05, 4.69) is 5.32 Å². The van der Waals surface area contributed by atoms with Gasteiger partial charge in [-0.1, -0.05) is 0 Å². The molecule has 0 atom stereocenters. The van der Waals surface area contributed by atoms with Crippen molar-refractivity contribution in [1.29, 1.82) is 0 Å². The molecule has 84 valence electrons. The van der Waals surface area contributed by atoms with Crippen molar-refractivity contribution in [3.63, 3.8) is 0 Å². The van der Waals surface area contributed by atoms with Gasteiger partial charge in [0.2, 0.25) is 0 Å². The zero-order valence-electron chi connectivity index (χ0n) is 8.99. The number of rotatable bonds is 4. The minimum Gasteiger partial charge on any atom is -0.461 e. The van der Waals surface area contributed by atoms with Crippen molar-refractivity contribution >= 4 is 0 Å². The van der Waals surface area contributed by atoms with Gasteiger partial charge in [0.15, 0.2) is 0 Å². The summed E-state index contributed by atoms with van der Waals surface area (Å²) in [5, 5.41) is 3.30. The lowest BCUT2D eigenvalue weighted by Crippen LogP contribution is -2.34. The standard InChI is InChI=1S/C11H17NO3/c1-13-8-9-4-7-14-11(9)15-10-2-5-12-6-3-10/h4,7,10,12H,2-3,5-6,8H2,1H3. The van der Waals surface area contributed by atoms with Gasteiger partial charge in [-0.3, -0.25) is 0 Å². The van der Waals surface area contributed by atoms with E-state index < -0.39 is 0 Å². The maximum Gasteiger partial charge on any atom is 0.290 e. The third kappa shape index (κ3) is 2.73. The quantitative estimate of drug-likeness (QED) is 0.820. The van der Waals surface area contributed by atoms with Crippen LogP contribution in [0.1, 0.15) is 18.4 Å². The number of methoxy groups -OCH3 is 1. The van der Waals surface area contributed by atoms with Gasteiger partial charge in [-0.25, -0.2) is 0 Å². The zero-order chi connectivity index (χ0) is 10.5. The lowest BCUT2D eigenvalue weighted by atomic mass is 10.1. The SMILES string of the molecule is COCc1ccoc1OC1CCNCC1. The van der Waals surface area contributed by atoms with E-state index in [1.165, 1.54) is 0 Å². The Balaban J connectivity index is 1.93. The second kappa shape index (κ2) is 5.19. The predicted molar refractivity (Wildman–Crippen MR) is 55.9 cm³/mol. The molecular formula is C11H17NO3. The van der Waals surface area contributed by atoms with Crippen LogP contribution in [0.4, 0.5) is 0 Å². The number of piperidine rings is 1. The van der Waals surface area contributed by atoms with E-state index in [0.717, 1.165) is 31.5 Å². The molecule has 0 bridgehead atoms. The minimum atomic E-state index is 0.271. The predicted octanol–water partition coefficient (Wildman–Crippen LogP) is 1.56. The van der Waals surface area contributed by atoms with Crippen molar-refractivity contribution in [3.8, 4) is 5.95 Å². The Kier molecular flexibility index (Phi) is 3.64. The highest BCUT2D eigenvalue weighted by atomic mass is 16.6. The van der Waals surface area contributed by atoms with Gasteiger partial charge in [-0.15, -0.1) is 0 Å². The first kappa shape index (κ1) is 10.5. The normalized spacial score (nSPS) is 17.9. The molecule has 1 N–H and O–H groups in total. The topological polar surface area (TPSA) is 43.6 Å². The van der Waals surface area contributed by atoms with Crippen LogP contribution in [-0.2, 0) is 11.3 Å². The molecule has 0 amide bonds. The summed E-state index contributed by atoms with van der Waals surface area (Å²) in [6.45, 7) is 2.58. The smallest absolute Gasteiger partial charge is 0.290 e. The summed E-state index contributed by atoms with van der Waals surface area (Å²) in [5.74, 6) is 0.615. The number of ether oxygens (including phenoxy) is 2. The maximum absolute atomic E-state index is 5.79. The van der Waals surface area contributed by atoms with Crippen LogP contribution in [0.3, 0.4) is 0 Å². The van der Waals surface area contributed by atoms with Crippen LogP contribution in [0, 0.1) is 0 Å². The molecule has 15 heavy (non-hydrogen) atoms. The third-order valence-corrected chi connectivity index (χ3v) is 2.57. The fourth-order valence-corrected chi connectivity index (χ4v) is 1.75. The van der Waals surface area contributed by atoms with Crippen molar-refractivity contribution in [1.82, 2.24) is 5.32 Å². The molecule has 0 aromatic carbocycles. The van der Waals surface area contributed by atoms with E-state index >= 15 is 0 Å². The first-order valence-corrected chi connectivity index (χ1v) is 5.33. The Morgan fingerprint density at radius 3 is 3.00 bits per heavy atom. The third-order valence-electron chi connectivity index (χ3n) is 2.57. The van der Waals surface area contributed by atoms with E-state index in [-0.39, 0.29) is 6.10 Å². The van der Waals surface area contributed by atoms with Gasteiger partial charge in [-0.2, -0.15) is 0 Å². The van der Waals surface area contributed by atoms with Gasteiger partial charge in [0, 0.05) is 7.11 Å². The molecule has 1 aromatic heterocycles. The number of hydrogen-bond donors (Lipinski definition) is 1. The molecule has 0 saturated carbocycles. The molecule has 1 saturated heterocycles. The highest BCUT2D eigenvalue weighted by Crippen LogP contribution is 2.23. The number of hydrogen-bond acceptors (Lipinski definition) is 4. The first-order chi connectivity index (χ1) is 7.40. The van der Waals surface area contributed by atoms with Gasteiger partial charge >= 0.3 is 0 Å². The summed E-state index contributed by atoms with van der Waals surface area (Å²) >= 11 is 0. The van der Waals surface area contributed by atoms with Crippen LogP contribution in [0.15, 0.2) is 16.7 Å². The monoisotopic (exact) mass is 211 g/mol. The molecule has 0 radical (unpaired) electrons. The van der Waals surface area contributed by atoms with Gasteiger partial charge in [-0.05, 0) is 32.0 Å². The average molecular weight is 211 g/mol. The summed E-state index contributed by atoms with van der Waals surface area (Å²) in [4.78, 5) is 0. The summed E-state index contributed by atoms with van der Waals surface area (Å²) in [6, 6.07) is 1.89. The Labute approximate surface area is 89.6 Å². The van der Waals surface area contributed by atoms with Crippen molar-refractivity contribution in [2.75, 3.05) is 20.2 Å². The van der Waals surface area contributed by atoms with Crippen LogP contribution in [-0.4, -0.2) is 26.3 Å². The molecular weight excluding hydrogens is 194 g/mol.